The lowest BCUT2D eigenvalue weighted by Gasteiger charge is -2.14. The highest BCUT2D eigenvalue weighted by molar-refractivity contribution is 7.18. The molecular weight excluding hydrogens is 360 g/mol. The maximum absolute atomic E-state index is 13.3. The van der Waals surface area contributed by atoms with Crippen LogP contribution < -0.4 is 16.0 Å². The number of fused-ring (bicyclic) bond motifs is 3. The van der Waals surface area contributed by atoms with Crippen LogP contribution in [0.3, 0.4) is 0 Å². The summed E-state index contributed by atoms with van der Waals surface area (Å²) in [7, 11) is 0. The van der Waals surface area contributed by atoms with Crippen molar-refractivity contribution in [1.82, 2.24) is 9.13 Å². The van der Waals surface area contributed by atoms with E-state index in [0.717, 1.165) is 40.8 Å². The van der Waals surface area contributed by atoms with Gasteiger partial charge in [0.15, 0.2) is 0 Å². The Bertz CT molecular complexity index is 1100. The first-order chi connectivity index (χ1) is 13.0. The Morgan fingerprint density at radius 2 is 1.89 bits per heavy atom. The smallest absolute Gasteiger partial charge is 0.336 e. The van der Waals surface area contributed by atoms with Gasteiger partial charge in [-0.15, -0.1) is 11.3 Å². The van der Waals surface area contributed by atoms with E-state index in [4.69, 9.17) is 4.74 Å². The third-order valence-corrected chi connectivity index (χ3v) is 6.26. The van der Waals surface area contributed by atoms with Crippen molar-refractivity contribution in [2.24, 2.45) is 5.92 Å². The van der Waals surface area contributed by atoms with Gasteiger partial charge in [-0.05, 0) is 61.9 Å². The molecule has 3 aromatic rings. The molecule has 0 aliphatic heterocycles. The summed E-state index contributed by atoms with van der Waals surface area (Å²) in [5, 5.41) is 0.738. The number of nitrogens with zero attached hydrogens (tertiary/aromatic N) is 2. The van der Waals surface area contributed by atoms with Gasteiger partial charge in [-0.3, -0.25) is 9.36 Å². The molecule has 4 rings (SSSR count). The van der Waals surface area contributed by atoms with E-state index in [-0.39, 0.29) is 11.2 Å². The minimum absolute atomic E-state index is 0.196. The maximum atomic E-state index is 13.3. The third-order valence-electron chi connectivity index (χ3n) is 4.94. The number of hydrogen-bond donors (Lipinski definition) is 0. The summed E-state index contributed by atoms with van der Waals surface area (Å²) in [6, 6.07) is 7.18. The van der Waals surface area contributed by atoms with Crippen LogP contribution in [0.4, 0.5) is 0 Å². The molecule has 2 aromatic heterocycles. The quantitative estimate of drug-likeness (QED) is 0.673. The molecule has 1 aliphatic rings. The van der Waals surface area contributed by atoms with E-state index in [2.05, 4.69) is 13.8 Å². The predicted octanol–water partition coefficient (Wildman–Crippen LogP) is 3.76. The van der Waals surface area contributed by atoms with Crippen molar-refractivity contribution >= 4 is 21.6 Å². The molecule has 0 amide bonds. The Balaban J connectivity index is 2.00. The summed E-state index contributed by atoms with van der Waals surface area (Å²) in [6.45, 7) is 7.28. The lowest BCUT2D eigenvalue weighted by atomic mass is 10.2. The second kappa shape index (κ2) is 7.00. The fourth-order valence-corrected chi connectivity index (χ4v) is 5.20. The number of thiophene rings is 1. The number of ether oxygens (including phenoxy) is 1. The first-order valence-corrected chi connectivity index (χ1v) is 10.4. The summed E-state index contributed by atoms with van der Waals surface area (Å²) in [5.74, 6) is 1.04. The highest BCUT2D eigenvalue weighted by atomic mass is 32.1. The Morgan fingerprint density at radius 3 is 2.56 bits per heavy atom. The molecule has 5 nitrogen and oxygen atoms in total. The zero-order valence-corrected chi connectivity index (χ0v) is 16.8. The third kappa shape index (κ3) is 3.02. The lowest BCUT2D eigenvalue weighted by molar-refractivity contribution is 0.340. The Labute approximate surface area is 161 Å². The van der Waals surface area contributed by atoms with E-state index in [1.807, 2.05) is 6.92 Å². The minimum atomic E-state index is -0.259. The van der Waals surface area contributed by atoms with Gasteiger partial charge in [-0.25, -0.2) is 9.36 Å². The van der Waals surface area contributed by atoms with Crippen molar-refractivity contribution in [2.75, 3.05) is 6.61 Å². The van der Waals surface area contributed by atoms with Crippen molar-refractivity contribution in [2.45, 2.75) is 46.6 Å². The molecule has 1 aliphatic carbocycles. The molecule has 27 heavy (non-hydrogen) atoms. The van der Waals surface area contributed by atoms with E-state index in [1.54, 1.807) is 40.2 Å². The molecule has 1 aromatic carbocycles. The molecule has 0 saturated heterocycles. The van der Waals surface area contributed by atoms with E-state index in [1.165, 1.54) is 9.44 Å². The Morgan fingerprint density at radius 1 is 1.15 bits per heavy atom. The van der Waals surface area contributed by atoms with Gasteiger partial charge in [0.25, 0.3) is 5.56 Å². The monoisotopic (exact) mass is 384 g/mol. The molecule has 0 unspecified atom stereocenters. The molecule has 0 atom stereocenters. The summed E-state index contributed by atoms with van der Waals surface area (Å²) >= 11 is 1.63. The van der Waals surface area contributed by atoms with Gasteiger partial charge >= 0.3 is 5.69 Å². The van der Waals surface area contributed by atoms with Crippen LogP contribution in [-0.4, -0.2) is 15.7 Å². The van der Waals surface area contributed by atoms with Crippen molar-refractivity contribution in [3.05, 3.63) is 55.5 Å². The molecule has 0 fully saturated rings. The highest BCUT2D eigenvalue weighted by Crippen LogP contribution is 2.35. The largest absolute Gasteiger partial charge is 0.494 e. The average Bonchev–Trinajstić information content (AvgIpc) is 3.21. The number of aryl methyl sites for hydroxylation is 2. The average molecular weight is 385 g/mol. The predicted molar refractivity (Wildman–Crippen MR) is 110 cm³/mol. The normalized spacial score (nSPS) is 13.5. The van der Waals surface area contributed by atoms with E-state index in [9.17, 15) is 9.59 Å². The van der Waals surface area contributed by atoms with Gasteiger partial charge in [0.2, 0.25) is 0 Å². The second-order valence-corrected chi connectivity index (χ2v) is 8.48. The fourth-order valence-electron chi connectivity index (χ4n) is 3.82. The maximum Gasteiger partial charge on any atom is 0.336 e. The highest BCUT2D eigenvalue weighted by Gasteiger charge is 2.25. The van der Waals surface area contributed by atoms with Crippen molar-refractivity contribution in [3.63, 3.8) is 0 Å². The Hall–Kier alpha value is -2.34. The molecule has 0 bridgehead atoms. The first-order valence-electron chi connectivity index (χ1n) is 9.54. The molecule has 0 radical (unpaired) electrons. The second-order valence-electron chi connectivity index (χ2n) is 7.39. The van der Waals surface area contributed by atoms with Gasteiger partial charge < -0.3 is 4.74 Å². The fraction of sp³-hybridized carbons (Fsp3) is 0.429. The van der Waals surface area contributed by atoms with Crippen LogP contribution >= 0.6 is 11.3 Å². The van der Waals surface area contributed by atoms with Crippen LogP contribution in [0.15, 0.2) is 33.9 Å². The number of aromatic nitrogens is 2. The van der Waals surface area contributed by atoms with Crippen LogP contribution in [0, 0.1) is 5.92 Å². The molecular formula is C21H24N2O3S. The number of rotatable bonds is 5. The van der Waals surface area contributed by atoms with E-state index >= 15 is 0 Å². The number of benzene rings is 1. The summed E-state index contributed by atoms with van der Waals surface area (Å²) in [5.41, 5.74) is 1.28. The summed E-state index contributed by atoms with van der Waals surface area (Å²) in [4.78, 5) is 28.7. The van der Waals surface area contributed by atoms with Crippen LogP contribution in [0.2, 0.25) is 0 Å². The van der Waals surface area contributed by atoms with Crippen LogP contribution in [0.5, 0.6) is 5.75 Å². The van der Waals surface area contributed by atoms with Crippen molar-refractivity contribution < 1.29 is 4.74 Å². The topological polar surface area (TPSA) is 53.2 Å². The molecule has 0 saturated carbocycles. The lowest BCUT2D eigenvalue weighted by Crippen LogP contribution is -2.39. The molecule has 6 heteroatoms. The first kappa shape index (κ1) is 18.0. The zero-order valence-electron chi connectivity index (χ0n) is 15.9. The molecule has 0 N–H and O–H groups in total. The van der Waals surface area contributed by atoms with Crippen molar-refractivity contribution in [1.29, 1.82) is 0 Å². The summed E-state index contributed by atoms with van der Waals surface area (Å²) < 4.78 is 8.60. The van der Waals surface area contributed by atoms with Gasteiger partial charge in [-0.1, -0.05) is 13.8 Å². The zero-order chi connectivity index (χ0) is 19.1. The molecule has 0 spiro atoms. The minimum Gasteiger partial charge on any atom is -0.494 e. The number of hydrogen-bond acceptors (Lipinski definition) is 4. The van der Waals surface area contributed by atoms with Crippen LogP contribution in [-0.2, 0) is 19.4 Å². The van der Waals surface area contributed by atoms with Crippen LogP contribution in [0.25, 0.3) is 15.9 Å². The standard InChI is InChI=1S/C21H24N2O3S/c1-4-26-15-10-8-14(9-11-15)23-19(24)18-16-6-5-7-17(16)27-20(18)22(21(23)25)12-13(2)3/h8-11,13H,4-7,12H2,1-3H3. The van der Waals surface area contributed by atoms with Crippen molar-refractivity contribution in [3.8, 4) is 11.4 Å². The molecule has 142 valence electrons. The van der Waals surface area contributed by atoms with Crippen LogP contribution in [0.1, 0.15) is 37.6 Å². The van der Waals surface area contributed by atoms with Gasteiger partial charge in [0.1, 0.15) is 10.6 Å². The van der Waals surface area contributed by atoms with E-state index in [0.29, 0.717) is 24.8 Å². The van der Waals surface area contributed by atoms with Gasteiger partial charge in [-0.2, -0.15) is 0 Å². The SMILES string of the molecule is CCOc1ccc(-n2c(=O)c3c4c(sc3n(CC(C)C)c2=O)CCC4)cc1. The van der Waals surface area contributed by atoms with Gasteiger partial charge in [0, 0.05) is 11.4 Å². The summed E-state index contributed by atoms with van der Waals surface area (Å²) in [6.07, 6.45) is 3.02. The Kier molecular flexibility index (Phi) is 4.68. The van der Waals surface area contributed by atoms with E-state index < -0.39 is 0 Å². The van der Waals surface area contributed by atoms with Gasteiger partial charge in [0.05, 0.1) is 17.7 Å². The molecule has 2 heterocycles.